The zero-order valence-corrected chi connectivity index (χ0v) is 14.1. The third kappa shape index (κ3) is 4.16. The second-order valence-electron chi connectivity index (χ2n) is 6.50. The molecule has 0 saturated heterocycles. The van der Waals surface area contributed by atoms with E-state index in [1.54, 1.807) is 24.9 Å². The van der Waals surface area contributed by atoms with Crippen LogP contribution in [0.4, 0.5) is 4.79 Å². The van der Waals surface area contributed by atoms with Crippen LogP contribution in [0.15, 0.2) is 47.5 Å². The van der Waals surface area contributed by atoms with Gasteiger partial charge in [0.2, 0.25) is 0 Å². The molecule has 0 bridgehead atoms. The van der Waals surface area contributed by atoms with Crippen molar-refractivity contribution in [1.29, 1.82) is 0 Å². The fraction of sp³-hybridized carbons (Fsp3) is 0.474. The molecule has 1 saturated carbocycles. The Bertz CT molecular complexity index is 621. The average molecular weight is 327 g/mol. The summed E-state index contributed by atoms with van der Waals surface area (Å²) < 4.78 is 5.17. The molecular weight excluding hydrogens is 302 g/mol. The van der Waals surface area contributed by atoms with Crippen molar-refractivity contribution in [2.45, 2.75) is 57.7 Å². The van der Waals surface area contributed by atoms with Crippen molar-refractivity contribution in [2.75, 3.05) is 0 Å². The van der Waals surface area contributed by atoms with E-state index in [-0.39, 0.29) is 12.1 Å². The summed E-state index contributed by atoms with van der Waals surface area (Å²) in [5.74, 6) is 0. The Balaban J connectivity index is 1.70. The minimum absolute atomic E-state index is 0.00703. The number of nitrogens with one attached hydrogen (secondary N) is 1. The van der Waals surface area contributed by atoms with Crippen LogP contribution < -0.4 is 5.32 Å². The monoisotopic (exact) mass is 327 g/mol. The summed E-state index contributed by atoms with van der Waals surface area (Å²) in [4.78, 5) is 18.9. The van der Waals surface area contributed by atoms with Gasteiger partial charge < -0.3 is 14.6 Å². The highest BCUT2D eigenvalue weighted by atomic mass is 16.3. The molecule has 24 heavy (non-hydrogen) atoms. The van der Waals surface area contributed by atoms with Gasteiger partial charge in [-0.1, -0.05) is 19.3 Å². The predicted octanol–water partition coefficient (Wildman–Crippen LogP) is 4.28. The van der Waals surface area contributed by atoms with Gasteiger partial charge in [-0.3, -0.25) is 4.98 Å². The van der Waals surface area contributed by atoms with E-state index in [0.717, 1.165) is 24.0 Å². The van der Waals surface area contributed by atoms with E-state index >= 15 is 0 Å². The van der Waals surface area contributed by atoms with Crippen LogP contribution in [0.25, 0.3) is 0 Å². The van der Waals surface area contributed by atoms with Crippen LogP contribution >= 0.6 is 0 Å². The van der Waals surface area contributed by atoms with Gasteiger partial charge in [0.25, 0.3) is 0 Å². The van der Waals surface area contributed by atoms with Crippen molar-refractivity contribution in [3.8, 4) is 0 Å². The highest BCUT2D eigenvalue weighted by Gasteiger charge is 2.26. The van der Waals surface area contributed by atoms with Crippen LogP contribution in [0.2, 0.25) is 0 Å². The van der Waals surface area contributed by atoms with Gasteiger partial charge in [0, 0.05) is 24.0 Å². The van der Waals surface area contributed by atoms with Crippen LogP contribution in [0.3, 0.4) is 0 Å². The molecule has 1 N–H and O–H groups in total. The number of carbonyl (C=O) groups excluding carboxylic acids is 1. The highest BCUT2D eigenvalue weighted by molar-refractivity contribution is 5.75. The van der Waals surface area contributed by atoms with E-state index in [9.17, 15) is 4.79 Å². The lowest BCUT2D eigenvalue weighted by Crippen LogP contribution is -2.47. The van der Waals surface area contributed by atoms with Crippen LogP contribution in [0.1, 0.15) is 56.2 Å². The molecule has 0 aromatic carbocycles. The predicted molar refractivity (Wildman–Crippen MR) is 92.3 cm³/mol. The Hall–Kier alpha value is -2.30. The number of pyridine rings is 1. The molecule has 3 rings (SSSR count). The number of urea groups is 1. The van der Waals surface area contributed by atoms with Gasteiger partial charge in [0.1, 0.15) is 0 Å². The smallest absolute Gasteiger partial charge is 0.318 e. The number of hydrogen-bond donors (Lipinski definition) is 1. The lowest BCUT2D eigenvalue weighted by atomic mass is 9.94. The molecule has 5 nitrogen and oxygen atoms in total. The molecule has 1 fully saturated rings. The van der Waals surface area contributed by atoms with Crippen molar-refractivity contribution in [3.05, 3.63) is 54.2 Å². The fourth-order valence-electron chi connectivity index (χ4n) is 3.34. The maximum atomic E-state index is 12.9. The van der Waals surface area contributed by atoms with Crippen molar-refractivity contribution in [2.24, 2.45) is 0 Å². The van der Waals surface area contributed by atoms with Crippen molar-refractivity contribution in [3.63, 3.8) is 0 Å². The van der Waals surface area contributed by atoms with E-state index in [1.807, 2.05) is 30.0 Å². The van der Waals surface area contributed by atoms with Crippen LogP contribution in [-0.4, -0.2) is 22.0 Å². The van der Waals surface area contributed by atoms with Crippen molar-refractivity contribution >= 4 is 6.03 Å². The van der Waals surface area contributed by atoms with Gasteiger partial charge in [0.05, 0.1) is 25.1 Å². The normalized spacial score (nSPS) is 16.5. The lowest BCUT2D eigenvalue weighted by Gasteiger charge is -2.35. The molecule has 1 atom stereocenters. The lowest BCUT2D eigenvalue weighted by molar-refractivity contribution is 0.148. The molecule has 0 spiro atoms. The first kappa shape index (κ1) is 16.6. The molecule has 128 valence electrons. The number of aromatic nitrogens is 1. The number of furan rings is 1. The fourth-order valence-corrected chi connectivity index (χ4v) is 3.34. The third-order valence-corrected chi connectivity index (χ3v) is 4.76. The first-order chi connectivity index (χ1) is 11.7. The zero-order valence-electron chi connectivity index (χ0n) is 14.1. The first-order valence-corrected chi connectivity index (χ1v) is 8.72. The zero-order chi connectivity index (χ0) is 16.8. The number of amides is 2. The summed E-state index contributed by atoms with van der Waals surface area (Å²) in [5, 5.41) is 3.13. The average Bonchev–Trinajstić information content (AvgIpc) is 3.14. The van der Waals surface area contributed by atoms with Crippen LogP contribution in [-0.2, 0) is 6.54 Å². The van der Waals surface area contributed by atoms with Gasteiger partial charge in [-0.15, -0.1) is 0 Å². The molecule has 2 aromatic heterocycles. The molecule has 1 aliphatic carbocycles. The Morgan fingerprint density at radius 2 is 2.04 bits per heavy atom. The largest absolute Gasteiger partial charge is 0.472 e. The molecule has 0 aliphatic heterocycles. The van der Waals surface area contributed by atoms with Crippen LogP contribution in [0, 0.1) is 0 Å². The summed E-state index contributed by atoms with van der Waals surface area (Å²) >= 11 is 0. The van der Waals surface area contributed by atoms with E-state index in [2.05, 4.69) is 10.3 Å². The number of rotatable bonds is 5. The van der Waals surface area contributed by atoms with Gasteiger partial charge >= 0.3 is 6.03 Å². The minimum atomic E-state index is -0.0454. The Morgan fingerprint density at radius 1 is 1.29 bits per heavy atom. The molecule has 1 aliphatic rings. The van der Waals surface area contributed by atoms with Crippen molar-refractivity contribution < 1.29 is 9.21 Å². The van der Waals surface area contributed by atoms with Gasteiger partial charge in [0.15, 0.2) is 0 Å². The summed E-state index contributed by atoms with van der Waals surface area (Å²) in [7, 11) is 0. The first-order valence-electron chi connectivity index (χ1n) is 8.72. The standard InChI is InChI=1S/C19H25N3O2/c1-15(17-7-10-20-11-8-17)21-19(23)22(13-16-9-12-24-14-16)18-5-3-2-4-6-18/h7-12,14-15,18H,2-6,13H2,1H3,(H,21,23). The number of hydrogen-bond acceptors (Lipinski definition) is 3. The second-order valence-corrected chi connectivity index (χ2v) is 6.50. The van der Waals surface area contributed by atoms with Gasteiger partial charge in [-0.25, -0.2) is 4.79 Å². The van der Waals surface area contributed by atoms with E-state index < -0.39 is 0 Å². The minimum Gasteiger partial charge on any atom is -0.472 e. The summed E-state index contributed by atoms with van der Waals surface area (Å²) in [6.45, 7) is 2.60. The van der Waals surface area contributed by atoms with Crippen LogP contribution in [0.5, 0.6) is 0 Å². The Kier molecular flexibility index (Phi) is 5.51. The van der Waals surface area contributed by atoms with Gasteiger partial charge in [-0.2, -0.15) is 0 Å². The second kappa shape index (κ2) is 7.99. The van der Waals surface area contributed by atoms with Gasteiger partial charge in [-0.05, 0) is 43.5 Å². The number of carbonyl (C=O) groups is 1. The topological polar surface area (TPSA) is 58.4 Å². The Morgan fingerprint density at radius 3 is 2.71 bits per heavy atom. The highest BCUT2D eigenvalue weighted by Crippen LogP contribution is 2.25. The summed E-state index contributed by atoms with van der Waals surface area (Å²) in [6, 6.07) is 6.05. The van der Waals surface area contributed by atoms with E-state index in [1.165, 1.54) is 19.3 Å². The SMILES string of the molecule is CC(NC(=O)N(Cc1ccoc1)C1CCCCC1)c1ccncc1. The summed E-state index contributed by atoms with van der Waals surface area (Å²) in [5.41, 5.74) is 2.09. The molecule has 2 aromatic rings. The van der Waals surface area contributed by atoms with E-state index in [4.69, 9.17) is 4.42 Å². The summed E-state index contributed by atoms with van der Waals surface area (Å²) in [6.07, 6.45) is 12.7. The van der Waals surface area contributed by atoms with E-state index in [0.29, 0.717) is 12.6 Å². The molecule has 2 amide bonds. The molecule has 0 radical (unpaired) electrons. The maximum Gasteiger partial charge on any atom is 0.318 e. The molecule has 5 heteroatoms. The molecule has 2 heterocycles. The Labute approximate surface area is 143 Å². The quantitative estimate of drug-likeness (QED) is 0.891. The molecule has 1 unspecified atom stereocenters. The number of nitrogens with zero attached hydrogens (tertiary/aromatic N) is 2. The third-order valence-electron chi connectivity index (χ3n) is 4.76. The maximum absolute atomic E-state index is 12.9. The van der Waals surface area contributed by atoms with Crippen molar-refractivity contribution in [1.82, 2.24) is 15.2 Å². The molecular formula is C19H25N3O2.